The minimum Gasteiger partial charge on any atom is -0.397 e. The second-order valence-electron chi connectivity index (χ2n) is 4.57. The van der Waals surface area contributed by atoms with E-state index in [2.05, 4.69) is 0 Å². The van der Waals surface area contributed by atoms with Crippen LogP contribution in [0.1, 0.15) is 34.1 Å². The van der Waals surface area contributed by atoms with E-state index in [1.165, 1.54) is 4.90 Å². The molecule has 5 nitrogen and oxygen atoms in total. The Kier molecular flexibility index (Phi) is 4.69. The Hall–Kier alpha value is -1.50. The zero-order valence-electron chi connectivity index (χ0n) is 11.9. The summed E-state index contributed by atoms with van der Waals surface area (Å²) in [7, 11) is 1.73. The largest absolute Gasteiger partial charge is 0.397 e. The molecule has 1 aliphatic heterocycles. The van der Waals surface area contributed by atoms with Gasteiger partial charge in [-0.1, -0.05) is 19.1 Å². The molecule has 0 aromatic heterocycles. The molecule has 20 heavy (non-hydrogen) atoms. The van der Waals surface area contributed by atoms with Crippen LogP contribution in [0.3, 0.4) is 0 Å². The summed E-state index contributed by atoms with van der Waals surface area (Å²) in [5.74, 6) is -0.433. The van der Waals surface area contributed by atoms with Crippen LogP contribution < -0.4 is 0 Å². The van der Waals surface area contributed by atoms with Gasteiger partial charge in [0.1, 0.15) is 0 Å². The summed E-state index contributed by atoms with van der Waals surface area (Å²) in [5.41, 5.74) is 0.971. The normalized spacial score (nSPS) is 15.9. The van der Waals surface area contributed by atoms with Gasteiger partial charge in [-0.2, -0.15) is 0 Å². The second kappa shape index (κ2) is 6.30. The predicted octanol–water partition coefficient (Wildman–Crippen LogP) is 1.84. The molecule has 0 bridgehead atoms. The standard InChI is InChI=1S/C14H18NO4Si/c1-4-10(9-20(18-2)19-3)15-13(16)11-7-5-6-8-12(11)14(15)17/h5-8,10H,4,9H2,1-3H3. The van der Waals surface area contributed by atoms with Gasteiger partial charge >= 0.3 is 9.28 Å². The number of hydrogen-bond donors (Lipinski definition) is 0. The first-order chi connectivity index (χ1) is 9.63. The first kappa shape index (κ1) is 14.9. The molecular formula is C14H18NO4Si. The minimum atomic E-state index is -1.45. The summed E-state index contributed by atoms with van der Waals surface area (Å²) in [6, 6.07) is 7.32. The van der Waals surface area contributed by atoms with E-state index in [1.807, 2.05) is 6.92 Å². The van der Waals surface area contributed by atoms with E-state index in [4.69, 9.17) is 8.85 Å². The van der Waals surface area contributed by atoms with E-state index >= 15 is 0 Å². The van der Waals surface area contributed by atoms with Crippen molar-refractivity contribution in [2.24, 2.45) is 0 Å². The Morgan fingerprint density at radius 1 is 1.10 bits per heavy atom. The second-order valence-corrected chi connectivity index (χ2v) is 6.54. The monoisotopic (exact) mass is 292 g/mol. The molecule has 1 aromatic carbocycles. The smallest absolute Gasteiger partial charge is 0.386 e. The highest BCUT2D eigenvalue weighted by atomic mass is 28.3. The highest BCUT2D eigenvalue weighted by Crippen LogP contribution is 2.27. The third-order valence-corrected chi connectivity index (χ3v) is 5.23. The van der Waals surface area contributed by atoms with E-state index in [-0.39, 0.29) is 17.9 Å². The number of carbonyl (C=O) groups is 2. The first-order valence-corrected chi connectivity index (χ1v) is 8.07. The Labute approximate surface area is 120 Å². The van der Waals surface area contributed by atoms with Crippen molar-refractivity contribution in [1.82, 2.24) is 4.90 Å². The van der Waals surface area contributed by atoms with Gasteiger partial charge in [-0.05, 0) is 18.6 Å². The Bertz CT molecular complexity index is 481. The Morgan fingerprint density at radius 2 is 1.60 bits per heavy atom. The van der Waals surface area contributed by atoms with E-state index in [0.29, 0.717) is 23.6 Å². The van der Waals surface area contributed by atoms with Gasteiger partial charge in [0, 0.05) is 26.3 Å². The average molecular weight is 292 g/mol. The molecule has 1 unspecified atom stereocenters. The van der Waals surface area contributed by atoms with Gasteiger partial charge in [0.15, 0.2) is 0 Å². The Morgan fingerprint density at radius 3 is 2.00 bits per heavy atom. The SMILES string of the molecule is CCC(C[Si](OC)OC)N1C(=O)c2ccccc2C1=O. The van der Waals surface area contributed by atoms with Gasteiger partial charge in [-0.3, -0.25) is 14.5 Å². The highest BCUT2D eigenvalue weighted by molar-refractivity contribution is 6.44. The van der Waals surface area contributed by atoms with Gasteiger partial charge < -0.3 is 8.85 Å². The van der Waals surface area contributed by atoms with Crippen molar-refractivity contribution in [3.8, 4) is 0 Å². The van der Waals surface area contributed by atoms with Gasteiger partial charge in [-0.15, -0.1) is 0 Å². The molecule has 0 saturated heterocycles. The molecular weight excluding hydrogens is 274 g/mol. The molecule has 1 heterocycles. The van der Waals surface area contributed by atoms with Crippen molar-refractivity contribution >= 4 is 21.1 Å². The highest BCUT2D eigenvalue weighted by Gasteiger charge is 2.40. The van der Waals surface area contributed by atoms with Crippen molar-refractivity contribution in [3.05, 3.63) is 35.4 Å². The molecule has 0 aliphatic carbocycles. The summed E-state index contributed by atoms with van der Waals surface area (Å²) in [6.07, 6.45) is 0.687. The van der Waals surface area contributed by atoms with Crippen LogP contribution in [-0.2, 0) is 8.85 Å². The van der Waals surface area contributed by atoms with Gasteiger partial charge in [0.25, 0.3) is 11.8 Å². The molecule has 1 atom stereocenters. The maximum Gasteiger partial charge on any atom is 0.386 e. The van der Waals surface area contributed by atoms with Crippen molar-refractivity contribution < 1.29 is 18.4 Å². The predicted molar refractivity (Wildman–Crippen MR) is 75.6 cm³/mol. The number of amides is 2. The van der Waals surface area contributed by atoms with Gasteiger partial charge in [0.2, 0.25) is 0 Å². The molecule has 0 fully saturated rings. The third-order valence-electron chi connectivity index (χ3n) is 3.52. The summed E-state index contributed by atoms with van der Waals surface area (Å²) < 4.78 is 10.5. The van der Waals surface area contributed by atoms with E-state index < -0.39 is 9.28 Å². The van der Waals surface area contributed by atoms with Crippen LogP contribution in [-0.4, -0.2) is 46.3 Å². The van der Waals surface area contributed by atoms with E-state index in [0.717, 1.165) is 0 Å². The fourth-order valence-corrected chi connectivity index (χ4v) is 3.76. The number of nitrogens with zero attached hydrogens (tertiary/aromatic N) is 1. The molecule has 2 amide bonds. The van der Waals surface area contributed by atoms with Crippen LogP contribution in [0.15, 0.2) is 24.3 Å². The van der Waals surface area contributed by atoms with Crippen LogP contribution in [0.4, 0.5) is 0 Å². The van der Waals surface area contributed by atoms with Crippen LogP contribution in [0.5, 0.6) is 0 Å². The van der Waals surface area contributed by atoms with Crippen molar-refractivity contribution in [2.45, 2.75) is 25.4 Å². The third kappa shape index (κ3) is 2.54. The zero-order valence-corrected chi connectivity index (χ0v) is 12.9. The molecule has 107 valence electrons. The van der Waals surface area contributed by atoms with Gasteiger partial charge in [-0.25, -0.2) is 0 Å². The number of benzene rings is 1. The molecule has 1 aromatic rings. The fourth-order valence-electron chi connectivity index (χ4n) is 2.40. The number of fused-ring (bicyclic) bond motifs is 1. The molecule has 0 saturated carbocycles. The summed E-state index contributed by atoms with van der Waals surface area (Å²) in [4.78, 5) is 26.2. The lowest BCUT2D eigenvalue weighted by atomic mass is 10.1. The molecule has 2 rings (SSSR count). The maximum atomic E-state index is 12.4. The Balaban J connectivity index is 2.24. The summed E-state index contributed by atoms with van der Waals surface area (Å²) >= 11 is 0. The molecule has 0 N–H and O–H groups in total. The van der Waals surface area contributed by atoms with Crippen LogP contribution in [0.25, 0.3) is 0 Å². The van der Waals surface area contributed by atoms with Crippen molar-refractivity contribution in [3.63, 3.8) is 0 Å². The fraction of sp³-hybridized carbons (Fsp3) is 0.429. The topological polar surface area (TPSA) is 55.8 Å². The number of hydrogen-bond acceptors (Lipinski definition) is 4. The van der Waals surface area contributed by atoms with Crippen LogP contribution in [0, 0.1) is 0 Å². The maximum absolute atomic E-state index is 12.4. The summed E-state index contributed by atoms with van der Waals surface area (Å²) in [6.45, 7) is 1.96. The molecule has 1 aliphatic rings. The lowest BCUT2D eigenvalue weighted by Crippen LogP contribution is -2.42. The van der Waals surface area contributed by atoms with E-state index in [9.17, 15) is 9.59 Å². The zero-order chi connectivity index (χ0) is 14.7. The summed E-state index contributed by atoms with van der Waals surface area (Å²) in [5, 5.41) is 0. The van der Waals surface area contributed by atoms with Gasteiger partial charge in [0.05, 0.1) is 11.1 Å². The molecule has 0 spiro atoms. The van der Waals surface area contributed by atoms with Crippen LogP contribution >= 0.6 is 0 Å². The first-order valence-electron chi connectivity index (χ1n) is 6.54. The van der Waals surface area contributed by atoms with E-state index in [1.54, 1.807) is 38.5 Å². The minimum absolute atomic E-state index is 0.184. The molecule has 1 radical (unpaired) electrons. The lowest BCUT2D eigenvalue weighted by molar-refractivity contribution is 0.0587. The molecule has 6 heteroatoms. The van der Waals surface area contributed by atoms with Crippen LogP contribution in [0.2, 0.25) is 6.04 Å². The number of rotatable bonds is 6. The quantitative estimate of drug-likeness (QED) is 0.593. The van der Waals surface area contributed by atoms with Crippen molar-refractivity contribution in [1.29, 1.82) is 0 Å². The van der Waals surface area contributed by atoms with Crippen molar-refractivity contribution in [2.75, 3.05) is 14.2 Å². The number of carbonyl (C=O) groups excluding carboxylic acids is 2. The lowest BCUT2D eigenvalue weighted by Gasteiger charge is -2.26. The average Bonchev–Trinajstić information content (AvgIpc) is 2.74. The number of imide groups is 1.